The predicted molar refractivity (Wildman–Crippen MR) is 92.5 cm³/mol. The van der Waals surface area contributed by atoms with Gasteiger partial charge in [-0.25, -0.2) is 0 Å². The van der Waals surface area contributed by atoms with Crippen LogP contribution >= 0.6 is 0 Å². The quantitative estimate of drug-likeness (QED) is 0.710. The molecular weight excluding hydrogens is 318 g/mol. The minimum Gasteiger partial charge on any atom is -0.352 e. The fourth-order valence-corrected chi connectivity index (χ4v) is 2.27. The van der Waals surface area contributed by atoms with Crippen molar-refractivity contribution in [2.75, 3.05) is 0 Å². The molecule has 0 spiro atoms. The zero-order valence-corrected chi connectivity index (χ0v) is 13.5. The molecule has 0 bridgehead atoms. The molecule has 0 fully saturated rings. The summed E-state index contributed by atoms with van der Waals surface area (Å²) in [6.07, 6.45) is 3.77. The third kappa shape index (κ3) is 4.57. The molecule has 0 aliphatic carbocycles. The number of benzene rings is 1. The number of H-pyrrole nitrogens is 1. The maximum atomic E-state index is 12.1. The van der Waals surface area contributed by atoms with Crippen LogP contribution in [0.5, 0.6) is 0 Å². The van der Waals surface area contributed by atoms with E-state index in [0.29, 0.717) is 12.4 Å². The summed E-state index contributed by atoms with van der Waals surface area (Å²) in [5, 5.41) is 10.8. The van der Waals surface area contributed by atoms with Crippen LogP contribution in [0.4, 0.5) is 0 Å². The first-order valence-corrected chi connectivity index (χ1v) is 7.89. The minimum absolute atomic E-state index is 0.155. The highest BCUT2D eigenvalue weighted by molar-refractivity contribution is 5.76. The smallest absolute Gasteiger partial charge is 0.273 e. The van der Waals surface area contributed by atoms with E-state index in [1.807, 2.05) is 42.5 Å². The van der Waals surface area contributed by atoms with Crippen LogP contribution in [0.25, 0.3) is 11.4 Å². The van der Waals surface area contributed by atoms with Gasteiger partial charge < -0.3 is 10.3 Å². The van der Waals surface area contributed by atoms with Crippen LogP contribution in [-0.2, 0) is 17.8 Å². The van der Waals surface area contributed by atoms with Gasteiger partial charge >= 0.3 is 0 Å². The van der Waals surface area contributed by atoms with Gasteiger partial charge in [-0.15, -0.1) is 10.2 Å². The molecule has 0 saturated carbocycles. The summed E-state index contributed by atoms with van der Waals surface area (Å²) in [7, 11) is 0. The van der Waals surface area contributed by atoms with Crippen molar-refractivity contribution in [3.05, 3.63) is 76.5 Å². The van der Waals surface area contributed by atoms with Gasteiger partial charge in [0.15, 0.2) is 5.82 Å². The number of pyridine rings is 1. The van der Waals surface area contributed by atoms with Crippen molar-refractivity contribution in [3.63, 3.8) is 0 Å². The van der Waals surface area contributed by atoms with Gasteiger partial charge in [-0.05, 0) is 11.6 Å². The normalized spacial score (nSPS) is 10.4. The van der Waals surface area contributed by atoms with Crippen LogP contribution < -0.4 is 10.9 Å². The van der Waals surface area contributed by atoms with Crippen molar-refractivity contribution in [1.29, 1.82) is 0 Å². The van der Waals surface area contributed by atoms with E-state index in [9.17, 15) is 9.59 Å². The van der Waals surface area contributed by atoms with E-state index >= 15 is 0 Å². The standard InChI is InChI=1S/C18H17N5O2/c24-16(20-12-13-5-4-10-19-11-13)9-8-15-18(25)21-17(23-22-15)14-6-2-1-3-7-14/h1-7,10-11H,8-9,12H2,(H,20,24)(H,21,23,25). The molecule has 7 heteroatoms. The summed E-state index contributed by atoms with van der Waals surface area (Å²) in [5.41, 5.74) is 1.62. The lowest BCUT2D eigenvalue weighted by molar-refractivity contribution is -0.121. The maximum absolute atomic E-state index is 12.1. The van der Waals surface area contributed by atoms with Gasteiger partial charge in [0.1, 0.15) is 5.69 Å². The number of hydrogen-bond acceptors (Lipinski definition) is 5. The van der Waals surface area contributed by atoms with E-state index < -0.39 is 0 Å². The number of aryl methyl sites for hydroxylation is 1. The monoisotopic (exact) mass is 335 g/mol. The van der Waals surface area contributed by atoms with Gasteiger partial charge in [-0.1, -0.05) is 36.4 Å². The van der Waals surface area contributed by atoms with Gasteiger partial charge in [-0.2, -0.15) is 0 Å². The SMILES string of the molecule is O=C(CCc1nnc(-c2ccccc2)[nH]c1=O)NCc1cccnc1. The number of nitrogens with one attached hydrogen (secondary N) is 2. The Morgan fingerprint density at radius 1 is 1.08 bits per heavy atom. The van der Waals surface area contributed by atoms with Gasteiger partial charge in [0.25, 0.3) is 5.56 Å². The van der Waals surface area contributed by atoms with Crippen LogP contribution in [0.2, 0.25) is 0 Å². The first-order valence-electron chi connectivity index (χ1n) is 7.89. The molecular formula is C18H17N5O2. The second-order valence-corrected chi connectivity index (χ2v) is 5.45. The zero-order valence-electron chi connectivity index (χ0n) is 13.5. The van der Waals surface area contributed by atoms with E-state index in [2.05, 4.69) is 25.5 Å². The third-order valence-corrected chi connectivity index (χ3v) is 3.61. The van der Waals surface area contributed by atoms with Crippen LogP contribution in [0.3, 0.4) is 0 Å². The highest BCUT2D eigenvalue weighted by Gasteiger charge is 2.09. The van der Waals surface area contributed by atoms with E-state index in [1.165, 1.54) is 0 Å². The molecule has 2 N–H and O–H groups in total. The molecule has 1 aromatic carbocycles. The van der Waals surface area contributed by atoms with Crippen molar-refractivity contribution in [3.8, 4) is 11.4 Å². The predicted octanol–water partition coefficient (Wildman–Crippen LogP) is 1.48. The van der Waals surface area contributed by atoms with Crippen LogP contribution in [-0.4, -0.2) is 26.1 Å². The molecule has 2 heterocycles. The van der Waals surface area contributed by atoms with E-state index in [4.69, 9.17) is 0 Å². The number of aromatic amines is 1. The highest BCUT2D eigenvalue weighted by atomic mass is 16.1. The second-order valence-electron chi connectivity index (χ2n) is 5.45. The Labute approximate surface area is 144 Å². The number of aromatic nitrogens is 4. The molecule has 2 aromatic heterocycles. The second kappa shape index (κ2) is 7.96. The van der Waals surface area contributed by atoms with Gasteiger partial charge in [0.05, 0.1) is 0 Å². The number of amides is 1. The number of carbonyl (C=O) groups is 1. The molecule has 0 atom stereocenters. The molecule has 25 heavy (non-hydrogen) atoms. The Bertz CT molecular complexity index is 894. The summed E-state index contributed by atoms with van der Waals surface area (Å²) >= 11 is 0. The number of hydrogen-bond donors (Lipinski definition) is 2. The average molecular weight is 335 g/mol. The summed E-state index contributed by atoms with van der Waals surface area (Å²) < 4.78 is 0. The van der Waals surface area contributed by atoms with Gasteiger partial charge in [0.2, 0.25) is 5.91 Å². The van der Waals surface area contributed by atoms with Crippen molar-refractivity contribution in [2.45, 2.75) is 19.4 Å². The minimum atomic E-state index is -0.325. The van der Waals surface area contributed by atoms with Crippen molar-refractivity contribution in [2.24, 2.45) is 0 Å². The first kappa shape index (κ1) is 16.5. The van der Waals surface area contributed by atoms with Crippen LogP contribution in [0, 0.1) is 0 Å². The number of carbonyl (C=O) groups excluding carboxylic acids is 1. The van der Waals surface area contributed by atoms with Crippen molar-refractivity contribution < 1.29 is 4.79 Å². The Kier molecular flexibility index (Phi) is 5.26. The summed E-state index contributed by atoms with van der Waals surface area (Å²) in [6.45, 7) is 0.404. The fraction of sp³-hybridized carbons (Fsp3) is 0.167. The van der Waals surface area contributed by atoms with Crippen molar-refractivity contribution >= 4 is 5.91 Å². The van der Waals surface area contributed by atoms with Gasteiger partial charge in [-0.3, -0.25) is 14.6 Å². The molecule has 0 saturated heterocycles. The van der Waals surface area contributed by atoms with E-state index in [0.717, 1.165) is 11.1 Å². The largest absolute Gasteiger partial charge is 0.352 e. The maximum Gasteiger partial charge on any atom is 0.273 e. The number of nitrogens with zero attached hydrogens (tertiary/aromatic N) is 3. The Hall–Kier alpha value is -3.35. The lowest BCUT2D eigenvalue weighted by Crippen LogP contribution is -2.25. The number of rotatable bonds is 6. The lowest BCUT2D eigenvalue weighted by Gasteiger charge is -2.05. The molecule has 1 amide bonds. The molecule has 126 valence electrons. The highest BCUT2D eigenvalue weighted by Crippen LogP contribution is 2.10. The molecule has 0 unspecified atom stereocenters. The summed E-state index contributed by atoms with van der Waals surface area (Å²) in [4.78, 5) is 30.7. The molecule has 0 aliphatic rings. The van der Waals surface area contributed by atoms with Crippen LogP contribution in [0.15, 0.2) is 59.7 Å². The topological polar surface area (TPSA) is 101 Å². The Balaban J connectivity index is 1.56. The first-order chi connectivity index (χ1) is 12.2. The third-order valence-electron chi connectivity index (χ3n) is 3.61. The molecule has 3 rings (SSSR count). The van der Waals surface area contributed by atoms with E-state index in [-0.39, 0.29) is 30.0 Å². The summed E-state index contributed by atoms with van der Waals surface area (Å²) in [5.74, 6) is 0.257. The van der Waals surface area contributed by atoms with Crippen molar-refractivity contribution in [1.82, 2.24) is 25.5 Å². The average Bonchev–Trinajstić information content (AvgIpc) is 2.67. The summed E-state index contributed by atoms with van der Waals surface area (Å²) in [6, 6.07) is 13.0. The Morgan fingerprint density at radius 3 is 2.64 bits per heavy atom. The molecule has 0 radical (unpaired) electrons. The van der Waals surface area contributed by atoms with E-state index in [1.54, 1.807) is 12.4 Å². The Morgan fingerprint density at radius 2 is 1.92 bits per heavy atom. The molecule has 7 nitrogen and oxygen atoms in total. The molecule has 3 aromatic rings. The molecule has 0 aliphatic heterocycles. The van der Waals surface area contributed by atoms with Crippen LogP contribution in [0.1, 0.15) is 17.7 Å². The fourth-order valence-electron chi connectivity index (χ4n) is 2.27. The lowest BCUT2D eigenvalue weighted by atomic mass is 10.2. The zero-order chi connectivity index (χ0) is 17.5. The van der Waals surface area contributed by atoms with Gasteiger partial charge in [0, 0.05) is 37.3 Å².